The number of ether oxygens (including phenoxy) is 2. The number of para-hydroxylation sites is 1. The summed E-state index contributed by atoms with van der Waals surface area (Å²) in [5.74, 6) is -1.84. The number of aryl methyl sites for hydroxylation is 1. The summed E-state index contributed by atoms with van der Waals surface area (Å²) in [6.45, 7) is 1.23. The Balaban J connectivity index is 1.72. The monoisotopic (exact) mass is 342 g/mol. The highest BCUT2D eigenvalue weighted by atomic mass is 19.1. The summed E-state index contributed by atoms with van der Waals surface area (Å²) in [6, 6.07) is 11.0. The smallest absolute Gasteiger partial charge is 0.375 e. The Morgan fingerprint density at radius 1 is 1.16 bits per heavy atom. The molecule has 0 atom stereocenters. The molecule has 0 aliphatic rings. The van der Waals surface area contributed by atoms with E-state index in [9.17, 15) is 14.0 Å². The van der Waals surface area contributed by atoms with Gasteiger partial charge in [0.2, 0.25) is 5.76 Å². The van der Waals surface area contributed by atoms with Crippen molar-refractivity contribution >= 4 is 22.7 Å². The number of furan rings is 1. The molecule has 5 nitrogen and oxygen atoms in total. The third-order valence-corrected chi connectivity index (χ3v) is 3.84. The second-order valence-electron chi connectivity index (χ2n) is 5.40. The Bertz CT molecular complexity index is 958. The molecule has 0 bridgehead atoms. The van der Waals surface area contributed by atoms with Crippen LogP contribution in [0.15, 0.2) is 46.9 Å². The number of carbonyl (C=O) groups excluding carboxylic acids is 2. The number of carbonyl (C=O) groups is 2. The molecule has 1 heterocycles. The molecule has 2 aromatic carbocycles. The zero-order valence-electron chi connectivity index (χ0n) is 13.7. The van der Waals surface area contributed by atoms with Crippen LogP contribution in [0.5, 0.6) is 5.75 Å². The summed E-state index contributed by atoms with van der Waals surface area (Å²) < 4.78 is 28.9. The molecule has 0 radical (unpaired) electrons. The number of ketones is 1. The third-order valence-electron chi connectivity index (χ3n) is 3.84. The van der Waals surface area contributed by atoms with E-state index in [-0.39, 0.29) is 17.1 Å². The van der Waals surface area contributed by atoms with Crippen molar-refractivity contribution in [3.05, 3.63) is 65.2 Å². The number of hydrogen-bond acceptors (Lipinski definition) is 5. The first-order valence-electron chi connectivity index (χ1n) is 7.53. The molecule has 25 heavy (non-hydrogen) atoms. The molecule has 0 amide bonds. The minimum atomic E-state index is -0.740. The van der Waals surface area contributed by atoms with Crippen LogP contribution in [0.25, 0.3) is 11.0 Å². The SMILES string of the molecule is COc1ccc(C(=O)COC(=O)c2oc3ccccc3c2C)cc1F. The van der Waals surface area contributed by atoms with Gasteiger partial charge in [0, 0.05) is 16.5 Å². The Morgan fingerprint density at radius 3 is 2.60 bits per heavy atom. The van der Waals surface area contributed by atoms with Crippen molar-refractivity contribution in [1.29, 1.82) is 0 Å². The predicted octanol–water partition coefficient (Wildman–Crippen LogP) is 3.93. The number of halogens is 1. The Labute approximate surface area is 143 Å². The molecule has 128 valence electrons. The maximum atomic E-state index is 13.6. The van der Waals surface area contributed by atoms with Crippen molar-refractivity contribution in [2.45, 2.75) is 6.92 Å². The van der Waals surface area contributed by atoms with E-state index in [2.05, 4.69) is 0 Å². The number of esters is 1. The first-order valence-corrected chi connectivity index (χ1v) is 7.53. The average molecular weight is 342 g/mol. The van der Waals surface area contributed by atoms with Crippen molar-refractivity contribution in [2.24, 2.45) is 0 Å². The molecule has 0 unspecified atom stereocenters. The molecule has 3 rings (SSSR count). The topological polar surface area (TPSA) is 65.7 Å². The zero-order chi connectivity index (χ0) is 18.0. The van der Waals surface area contributed by atoms with Gasteiger partial charge in [0.1, 0.15) is 5.58 Å². The van der Waals surface area contributed by atoms with Crippen molar-refractivity contribution in [2.75, 3.05) is 13.7 Å². The lowest BCUT2D eigenvalue weighted by Gasteiger charge is -2.05. The number of methoxy groups -OCH3 is 1. The van der Waals surface area contributed by atoms with Gasteiger partial charge in [-0.3, -0.25) is 4.79 Å². The van der Waals surface area contributed by atoms with Gasteiger partial charge < -0.3 is 13.9 Å². The highest BCUT2D eigenvalue weighted by Crippen LogP contribution is 2.25. The fourth-order valence-electron chi connectivity index (χ4n) is 2.49. The van der Waals surface area contributed by atoms with E-state index in [1.165, 1.54) is 19.2 Å². The van der Waals surface area contributed by atoms with E-state index in [0.29, 0.717) is 11.1 Å². The van der Waals surface area contributed by atoms with Gasteiger partial charge in [0.05, 0.1) is 7.11 Å². The van der Waals surface area contributed by atoms with E-state index in [0.717, 1.165) is 11.5 Å². The van der Waals surface area contributed by atoms with Gasteiger partial charge in [0.25, 0.3) is 0 Å². The molecular formula is C19H15FO5. The van der Waals surface area contributed by atoms with E-state index in [1.807, 2.05) is 12.1 Å². The molecule has 3 aromatic rings. The summed E-state index contributed by atoms with van der Waals surface area (Å²) >= 11 is 0. The standard InChI is InChI=1S/C19H15FO5/c1-11-13-5-3-4-6-16(13)25-18(11)19(22)24-10-15(21)12-7-8-17(23-2)14(20)9-12/h3-9H,10H2,1-2H3. The van der Waals surface area contributed by atoms with E-state index in [4.69, 9.17) is 13.9 Å². The zero-order valence-corrected chi connectivity index (χ0v) is 13.7. The highest BCUT2D eigenvalue weighted by molar-refractivity contribution is 6.00. The minimum absolute atomic E-state index is 0.0337. The van der Waals surface area contributed by atoms with E-state index >= 15 is 0 Å². The first-order chi connectivity index (χ1) is 12.0. The van der Waals surface area contributed by atoms with Gasteiger partial charge >= 0.3 is 5.97 Å². The van der Waals surface area contributed by atoms with Crippen LogP contribution in [-0.4, -0.2) is 25.5 Å². The number of rotatable bonds is 5. The number of hydrogen-bond donors (Lipinski definition) is 0. The second-order valence-corrected chi connectivity index (χ2v) is 5.40. The van der Waals surface area contributed by atoms with Gasteiger partial charge in [-0.1, -0.05) is 18.2 Å². The molecule has 1 aromatic heterocycles. The first kappa shape index (κ1) is 16.7. The van der Waals surface area contributed by atoms with Crippen molar-refractivity contribution in [3.63, 3.8) is 0 Å². The number of fused-ring (bicyclic) bond motifs is 1. The van der Waals surface area contributed by atoms with Gasteiger partial charge in [-0.25, -0.2) is 9.18 Å². The van der Waals surface area contributed by atoms with Crippen LogP contribution in [0, 0.1) is 12.7 Å². The Hall–Kier alpha value is -3.15. The number of Topliss-reactive ketones (excluding diaryl/α,β-unsaturated/α-hetero) is 1. The fourth-order valence-corrected chi connectivity index (χ4v) is 2.49. The molecule has 0 fully saturated rings. The molecule has 0 spiro atoms. The molecule has 0 N–H and O–H groups in total. The van der Waals surface area contributed by atoms with Crippen LogP contribution < -0.4 is 4.74 Å². The lowest BCUT2D eigenvalue weighted by atomic mass is 10.1. The van der Waals surface area contributed by atoms with Crippen LogP contribution in [0.1, 0.15) is 26.5 Å². The Kier molecular flexibility index (Phi) is 4.52. The third kappa shape index (κ3) is 3.24. The quantitative estimate of drug-likeness (QED) is 0.519. The Morgan fingerprint density at radius 2 is 1.92 bits per heavy atom. The maximum absolute atomic E-state index is 13.6. The van der Waals surface area contributed by atoms with Crippen molar-refractivity contribution in [3.8, 4) is 5.75 Å². The van der Waals surface area contributed by atoms with Crippen LogP contribution in [0.2, 0.25) is 0 Å². The molecule has 0 saturated carbocycles. The summed E-state index contributed by atoms with van der Waals surface area (Å²) in [7, 11) is 1.33. The van der Waals surface area contributed by atoms with E-state index in [1.54, 1.807) is 19.1 Å². The van der Waals surface area contributed by atoms with E-state index < -0.39 is 24.2 Å². The summed E-state index contributed by atoms with van der Waals surface area (Å²) in [5, 5.41) is 0.804. The van der Waals surface area contributed by atoms with Gasteiger partial charge in [-0.2, -0.15) is 0 Å². The normalized spacial score (nSPS) is 10.7. The lowest BCUT2D eigenvalue weighted by molar-refractivity contribution is 0.0445. The largest absolute Gasteiger partial charge is 0.494 e. The van der Waals surface area contributed by atoms with Gasteiger partial charge in [0.15, 0.2) is 24.0 Å². The summed E-state index contributed by atoms with van der Waals surface area (Å²) in [6.07, 6.45) is 0. The lowest BCUT2D eigenvalue weighted by Crippen LogP contribution is -2.14. The van der Waals surface area contributed by atoms with Gasteiger partial charge in [-0.05, 0) is 31.2 Å². The van der Waals surface area contributed by atoms with Crippen LogP contribution in [0.4, 0.5) is 4.39 Å². The molecule has 0 aliphatic carbocycles. The maximum Gasteiger partial charge on any atom is 0.375 e. The molecule has 0 saturated heterocycles. The van der Waals surface area contributed by atoms with Crippen molar-refractivity contribution in [1.82, 2.24) is 0 Å². The summed E-state index contributed by atoms with van der Waals surface area (Å²) in [5.41, 5.74) is 1.30. The van der Waals surface area contributed by atoms with Crippen LogP contribution in [-0.2, 0) is 4.74 Å². The average Bonchev–Trinajstić information content (AvgIpc) is 2.96. The second kappa shape index (κ2) is 6.76. The van der Waals surface area contributed by atoms with Crippen molar-refractivity contribution < 1.29 is 27.9 Å². The highest BCUT2D eigenvalue weighted by Gasteiger charge is 2.20. The molecular weight excluding hydrogens is 327 g/mol. The molecule has 6 heteroatoms. The molecule has 0 aliphatic heterocycles. The fraction of sp³-hybridized carbons (Fsp3) is 0.158. The van der Waals surface area contributed by atoms with Crippen LogP contribution in [0.3, 0.4) is 0 Å². The number of benzene rings is 2. The van der Waals surface area contributed by atoms with Gasteiger partial charge in [-0.15, -0.1) is 0 Å². The van der Waals surface area contributed by atoms with Crippen LogP contribution >= 0.6 is 0 Å². The summed E-state index contributed by atoms with van der Waals surface area (Å²) in [4.78, 5) is 24.3. The minimum Gasteiger partial charge on any atom is -0.494 e. The predicted molar refractivity (Wildman–Crippen MR) is 88.5 cm³/mol.